The Bertz CT molecular complexity index is 477. The third-order valence-electron chi connectivity index (χ3n) is 2.47. The molecule has 0 bridgehead atoms. The molecule has 3 N–H and O–H groups in total. The van der Waals surface area contributed by atoms with Crippen molar-refractivity contribution in [2.75, 3.05) is 29.7 Å². The molecular weight excluding hydrogens is 264 g/mol. The fourth-order valence-corrected chi connectivity index (χ4v) is 2.54. The molecular formula is C13H20N2O3S. The summed E-state index contributed by atoms with van der Waals surface area (Å²) in [6, 6.07) is 5.02. The van der Waals surface area contributed by atoms with Crippen LogP contribution < -0.4 is 11.1 Å². The maximum atomic E-state index is 11.8. The van der Waals surface area contributed by atoms with Gasteiger partial charge in [-0.25, -0.2) is 4.79 Å². The molecule has 0 saturated carbocycles. The molecule has 1 aromatic carbocycles. The maximum absolute atomic E-state index is 11.8. The number of carbonyl (C=O) groups is 1. The number of hydrogen-bond donors (Lipinski definition) is 2. The Kier molecular flexibility index (Phi) is 5.82. The lowest BCUT2D eigenvalue weighted by atomic mass is 10.1. The highest BCUT2D eigenvalue weighted by Crippen LogP contribution is 2.25. The second-order valence-corrected chi connectivity index (χ2v) is 5.76. The van der Waals surface area contributed by atoms with Crippen LogP contribution in [0.5, 0.6) is 0 Å². The van der Waals surface area contributed by atoms with Gasteiger partial charge in [-0.05, 0) is 26.0 Å². The van der Waals surface area contributed by atoms with Crippen LogP contribution in [0, 0.1) is 0 Å². The summed E-state index contributed by atoms with van der Waals surface area (Å²) in [5.41, 5.74) is 7.30. The SMILES string of the molecule is CCOC(=O)c1cccc(N)c1NC(C)CS(C)=O. The lowest BCUT2D eigenvalue weighted by Crippen LogP contribution is -2.24. The number of nitrogen functional groups attached to an aromatic ring is 1. The first-order chi connectivity index (χ1) is 8.95. The fourth-order valence-electron chi connectivity index (χ4n) is 1.75. The summed E-state index contributed by atoms with van der Waals surface area (Å²) < 4.78 is 16.2. The number of ether oxygens (including phenoxy) is 1. The van der Waals surface area contributed by atoms with Crippen LogP contribution in [0.3, 0.4) is 0 Å². The van der Waals surface area contributed by atoms with Gasteiger partial charge < -0.3 is 15.8 Å². The van der Waals surface area contributed by atoms with Gasteiger partial charge in [0, 0.05) is 28.9 Å². The average molecular weight is 284 g/mol. The van der Waals surface area contributed by atoms with Crippen molar-refractivity contribution >= 4 is 28.1 Å². The van der Waals surface area contributed by atoms with E-state index in [1.807, 2.05) is 6.92 Å². The van der Waals surface area contributed by atoms with E-state index in [0.29, 0.717) is 29.3 Å². The van der Waals surface area contributed by atoms with Crippen molar-refractivity contribution < 1.29 is 13.7 Å². The zero-order valence-corrected chi connectivity index (χ0v) is 12.3. The summed E-state index contributed by atoms with van der Waals surface area (Å²) in [6.07, 6.45) is 1.64. The molecule has 19 heavy (non-hydrogen) atoms. The standard InChI is InChI=1S/C13H20N2O3S/c1-4-18-13(16)10-6-5-7-11(14)12(10)15-9(2)8-19(3)17/h5-7,9,15H,4,8,14H2,1-3H3. The largest absolute Gasteiger partial charge is 0.462 e. The number of nitrogens with two attached hydrogens (primary N) is 1. The quantitative estimate of drug-likeness (QED) is 0.613. The first-order valence-corrected chi connectivity index (χ1v) is 7.80. The van der Waals surface area contributed by atoms with Crippen molar-refractivity contribution in [1.29, 1.82) is 0 Å². The average Bonchev–Trinajstić information content (AvgIpc) is 2.31. The highest BCUT2D eigenvalue weighted by molar-refractivity contribution is 7.84. The molecule has 106 valence electrons. The van der Waals surface area contributed by atoms with Crippen LogP contribution in [0.2, 0.25) is 0 Å². The lowest BCUT2D eigenvalue weighted by molar-refractivity contribution is 0.0527. The Hall–Kier alpha value is -1.56. The second-order valence-electron chi connectivity index (χ2n) is 4.28. The van der Waals surface area contributed by atoms with E-state index in [1.165, 1.54) is 0 Å². The van der Waals surface area contributed by atoms with Gasteiger partial charge in [0.2, 0.25) is 0 Å². The molecule has 0 spiro atoms. The molecule has 0 amide bonds. The topological polar surface area (TPSA) is 81.4 Å². The monoisotopic (exact) mass is 284 g/mol. The first kappa shape index (κ1) is 15.5. The minimum Gasteiger partial charge on any atom is -0.462 e. The van der Waals surface area contributed by atoms with Gasteiger partial charge in [-0.2, -0.15) is 0 Å². The number of anilines is 2. The van der Waals surface area contributed by atoms with Crippen molar-refractivity contribution in [3.63, 3.8) is 0 Å². The molecule has 1 rings (SSSR count). The summed E-state index contributed by atoms with van der Waals surface area (Å²) >= 11 is 0. The predicted molar refractivity (Wildman–Crippen MR) is 78.8 cm³/mol. The molecule has 0 radical (unpaired) electrons. The summed E-state index contributed by atoms with van der Waals surface area (Å²) in [6.45, 7) is 3.95. The number of esters is 1. The van der Waals surface area contributed by atoms with Crippen LogP contribution in [0.1, 0.15) is 24.2 Å². The number of para-hydroxylation sites is 1. The van der Waals surface area contributed by atoms with E-state index in [1.54, 1.807) is 31.4 Å². The molecule has 0 aromatic heterocycles. The van der Waals surface area contributed by atoms with E-state index >= 15 is 0 Å². The van der Waals surface area contributed by atoms with Crippen LogP contribution in [0.4, 0.5) is 11.4 Å². The van der Waals surface area contributed by atoms with E-state index in [2.05, 4.69) is 5.32 Å². The number of rotatable bonds is 6. The molecule has 0 heterocycles. The van der Waals surface area contributed by atoms with Crippen molar-refractivity contribution in [3.05, 3.63) is 23.8 Å². The van der Waals surface area contributed by atoms with Gasteiger partial charge in [0.15, 0.2) is 0 Å². The molecule has 0 saturated heterocycles. The number of carbonyl (C=O) groups excluding carboxylic acids is 1. The van der Waals surface area contributed by atoms with Gasteiger partial charge in [0.1, 0.15) is 0 Å². The minimum absolute atomic E-state index is 0.0521. The van der Waals surface area contributed by atoms with E-state index in [0.717, 1.165) is 0 Å². The molecule has 0 aliphatic rings. The fraction of sp³-hybridized carbons (Fsp3) is 0.462. The summed E-state index contributed by atoms with van der Waals surface area (Å²) in [7, 11) is -0.916. The Morgan fingerprint density at radius 1 is 1.53 bits per heavy atom. The smallest absolute Gasteiger partial charge is 0.340 e. The predicted octanol–water partition coefficient (Wildman–Crippen LogP) is 1.62. The van der Waals surface area contributed by atoms with Crippen LogP contribution >= 0.6 is 0 Å². The van der Waals surface area contributed by atoms with Crippen molar-refractivity contribution in [2.45, 2.75) is 19.9 Å². The Balaban J connectivity index is 2.97. The van der Waals surface area contributed by atoms with Crippen molar-refractivity contribution in [3.8, 4) is 0 Å². The second kappa shape index (κ2) is 7.13. The highest BCUT2D eigenvalue weighted by Gasteiger charge is 2.16. The number of hydrogen-bond acceptors (Lipinski definition) is 5. The summed E-state index contributed by atoms with van der Waals surface area (Å²) in [5, 5.41) is 3.13. The van der Waals surface area contributed by atoms with Crippen molar-refractivity contribution in [2.24, 2.45) is 0 Å². The zero-order chi connectivity index (χ0) is 14.4. The maximum Gasteiger partial charge on any atom is 0.340 e. The van der Waals surface area contributed by atoms with E-state index in [9.17, 15) is 9.00 Å². The van der Waals surface area contributed by atoms with Gasteiger partial charge >= 0.3 is 5.97 Å². The zero-order valence-electron chi connectivity index (χ0n) is 11.4. The van der Waals surface area contributed by atoms with Gasteiger partial charge in [-0.3, -0.25) is 4.21 Å². The van der Waals surface area contributed by atoms with Crippen LogP contribution in [0.15, 0.2) is 18.2 Å². The Labute approximate surface area is 116 Å². The van der Waals surface area contributed by atoms with Crippen LogP contribution in [-0.2, 0) is 15.5 Å². The van der Waals surface area contributed by atoms with Crippen molar-refractivity contribution in [1.82, 2.24) is 0 Å². The van der Waals surface area contributed by atoms with E-state index in [4.69, 9.17) is 10.5 Å². The molecule has 5 nitrogen and oxygen atoms in total. The molecule has 2 unspecified atom stereocenters. The Morgan fingerprint density at radius 3 is 2.79 bits per heavy atom. The van der Waals surface area contributed by atoms with Gasteiger partial charge in [-0.1, -0.05) is 6.07 Å². The van der Waals surface area contributed by atoms with E-state index < -0.39 is 16.8 Å². The van der Waals surface area contributed by atoms with E-state index in [-0.39, 0.29) is 6.04 Å². The number of benzene rings is 1. The third kappa shape index (κ3) is 4.55. The van der Waals surface area contributed by atoms with Gasteiger partial charge in [0.25, 0.3) is 0 Å². The summed E-state index contributed by atoms with van der Waals surface area (Å²) in [4.78, 5) is 11.8. The van der Waals surface area contributed by atoms with Crippen LogP contribution in [0.25, 0.3) is 0 Å². The molecule has 2 atom stereocenters. The molecule has 0 aliphatic heterocycles. The van der Waals surface area contributed by atoms with Crippen LogP contribution in [-0.4, -0.2) is 34.8 Å². The third-order valence-corrected chi connectivity index (χ3v) is 3.44. The molecule has 6 heteroatoms. The summed E-state index contributed by atoms with van der Waals surface area (Å²) in [5.74, 6) is 0.0680. The molecule has 1 aromatic rings. The Morgan fingerprint density at radius 2 is 2.21 bits per heavy atom. The molecule has 0 aliphatic carbocycles. The number of nitrogens with one attached hydrogen (secondary N) is 1. The molecule has 0 fully saturated rings. The normalized spacial score (nSPS) is 13.6. The first-order valence-electron chi connectivity index (χ1n) is 6.07. The lowest BCUT2D eigenvalue weighted by Gasteiger charge is -2.18. The minimum atomic E-state index is -0.916. The van der Waals surface area contributed by atoms with Gasteiger partial charge in [-0.15, -0.1) is 0 Å². The highest BCUT2D eigenvalue weighted by atomic mass is 32.2. The van der Waals surface area contributed by atoms with Gasteiger partial charge in [0.05, 0.1) is 23.5 Å².